The minimum Gasteiger partial charge on any atom is -0.457 e. The molecule has 1 aliphatic rings. The first-order valence-electron chi connectivity index (χ1n) is 5.49. The molecule has 0 unspecified atom stereocenters. The summed E-state index contributed by atoms with van der Waals surface area (Å²) in [6, 6.07) is 0. The van der Waals surface area contributed by atoms with Crippen LogP contribution in [0.1, 0.15) is 13.3 Å². The van der Waals surface area contributed by atoms with E-state index in [9.17, 15) is 9.59 Å². The van der Waals surface area contributed by atoms with Gasteiger partial charge in [-0.3, -0.25) is 4.79 Å². The van der Waals surface area contributed by atoms with Crippen molar-refractivity contribution in [1.82, 2.24) is 0 Å². The van der Waals surface area contributed by atoms with Crippen molar-refractivity contribution in [3.8, 4) is 0 Å². The van der Waals surface area contributed by atoms with Gasteiger partial charge in [-0.25, -0.2) is 4.79 Å². The molecule has 18 heavy (non-hydrogen) atoms. The van der Waals surface area contributed by atoms with Gasteiger partial charge >= 0.3 is 11.7 Å². The van der Waals surface area contributed by atoms with Gasteiger partial charge in [0.15, 0.2) is 6.29 Å². The van der Waals surface area contributed by atoms with Crippen LogP contribution >= 0.6 is 0 Å². The summed E-state index contributed by atoms with van der Waals surface area (Å²) in [6.07, 6.45) is 2.55. The van der Waals surface area contributed by atoms with Crippen molar-refractivity contribution < 1.29 is 28.6 Å². The lowest BCUT2D eigenvalue weighted by atomic mass is 10.2. The van der Waals surface area contributed by atoms with Gasteiger partial charge in [-0.05, 0) is 6.92 Å². The Morgan fingerprint density at radius 1 is 1.39 bits per heavy atom. The van der Waals surface area contributed by atoms with Crippen LogP contribution in [0.4, 0.5) is 0 Å². The van der Waals surface area contributed by atoms with E-state index in [1.54, 1.807) is 19.1 Å². The maximum absolute atomic E-state index is 11.7. The van der Waals surface area contributed by atoms with E-state index in [1.165, 1.54) is 0 Å². The normalized spacial score (nSPS) is 15.6. The average Bonchev–Trinajstić information content (AvgIpc) is 2.59. The van der Waals surface area contributed by atoms with Gasteiger partial charge in [0.1, 0.15) is 0 Å². The highest BCUT2D eigenvalue weighted by Crippen LogP contribution is 2.06. The molecule has 98 valence electrons. The van der Waals surface area contributed by atoms with E-state index in [2.05, 4.69) is 9.53 Å². The van der Waals surface area contributed by atoms with E-state index in [0.717, 1.165) is 0 Å². The molecule has 0 N–H and O–H groups in total. The first kappa shape index (κ1) is 14.2. The zero-order valence-electron chi connectivity index (χ0n) is 10.00. The summed E-state index contributed by atoms with van der Waals surface area (Å²) in [5.74, 6) is -1.65. The summed E-state index contributed by atoms with van der Waals surface area (Å²) in [7, 11) is 0. The van der Waals surface area contributed by atoms with E-state index >= 15 is 0 Å². The van der Waals surface area contributed by atoms with E-state index in [0.29, 0.717) is 13.2 Å². The lowest BCUT2D eigenvalue weighted by molar-refractivity contribution is -0.147. The Kier molecular flexibility index (Phi) is 5.93. The van der Waals surface area contributed by atoms with Gasteiger partial charge in [-0.15, -0.1) is 0 Å². The summed E-state index contributed by atoms with van der Waals surface area (Å²) >= 11 is 0. The predicted molar refractivity (Wildman–Crippen MR) is 59.7 cm³/mol. The molecule has 0 saturated carbocycles. The molecule has 7 nitrogen and oxygen atoms in total. The van der Waals surface area contributed by atoms with Gasteiger partial charge in [0.2, 0.25) is 0 Å². The highest BCUT2D eigenvalue weighted by Gasteiger charge is 2.33. The Morgan fingerprint density at radius 2 is 2.00 bits per heavy atom. The van der Waals surface area contributed by atoms with Crippen molar-refractivity contribution >= 4 is 17.5 Å². The molecule has 0 atom stereocenters. The smallest absolute Gasteiger partial charge is 0.441 e. The SMILES string of the molecule is CCOC(=O)C(=[N+]=[N-])C(=O)CC1OCC=CCO1. The molecule has 1 rings (SSSR count). The summed E-state index contributed by atoms with van der Waals surface area (Å²) < 4.78 is 15.0. The molecule has 0 aromatic carbocycles. The number of carbonyl (C=O) groups excluding carboxylic acids is 2. The molecule has 1 aliphatic heterocycles. The van der Waals surface area contributed by atoms with Crippen molar-refractivity contribution in [3.05, 3.63) is 17.7 Å². The topological polar surface area (TPSA) is 98.2 Å². The molecule has 7 heteroatoms. The zero-order chi connectivity index (χ0) is 13.4. The van der Waals surface area contributed by atoms with Crippen LogP contribution < -0.4 is 0 Å². The average molecular weight is 254 g/mol. The van der Waals surface area contributed by atoms with E-state index < -0.39 is 23.8 Å². The number of esters is 1. The molecule has 0 aliphatic carbocycles. The monoisotopic (exact) mass is 254 g/mol. The number of ketones is 1. The molecule has 0 spiro atoms. The molecule has 0 aromatic heterocycles. The second kappa shape index (κ2) is 7.50. The summed E-state index contributed by atoms with van der Waals surface area (Å²) in [6.45, 7) is 2.32. The van der Waals surface area contributed by atoms with Crippen LogP contribution in [-0.4, -0.2) is 48.4 Å². The summed E-state index contributed by atoms with van der Waals surface area (Å²) in [5.41, 5.74) is 8.00. The lowest BCUT2D eigenvalue weighted by Crippen LogP contribution is -2.31. The fraction of sp³-hybridized carbons (Fsp3) is 0.545. The standard InChI is InChI=1S/C11H14N2O5/c1-2-16-11(15)10(13-12)8(14)7-9-17-5-3-4-6-18-9/h3-4,9H,2,5-7H2,1H3. The van der Waals surface area contributed by atoms with Crippen LogP contribution in [0.3, 0.4) is 0 Å². The second-order valence-electron chi connectivity index (χ2n) is 3.36. The number of rotatable bonds is 5. The third-order valence-electron chi connectivity index (χ3n) is 2.11. The van der Waals surface area contributed by atoms with Crippen LogP contribution in [0.15, 0.2) is 12.2 Å². The molecule has 0 saturated heterocycles. The molecule has 0 bridgehead atoms. The van der Waals surface area contributed by atoms with Crippen molar-refractivity contribution in [3.63, 3.8) is 0 Å². The fourth-order valence-corrected chi connectivity index (χ4v) is 1.29. The number of hydrogen-bond donors (Lipinski definition) is 0. The quantitative estimate of drug-likeness (QED) is 0.173. The Morgan fingerprint density at radius 3 is 2.50 bits per heavy atom. The van der Waals surface area contributed by atoms with E-state index in [1.807, 2.05) is 0 Å². The van der Waals surface area contributed by atoms with Gasteiger partial charge in [-0.1, -0.05) is 12.2 Å². The van der Waals surface area contributed by atoms with Gasteiger partial charge in [-0.2, -0.15) is 4.79 Å². The van der Waals surface area contributed by atoms with Gasteiger partial charge in [0.05, 0.1) is 26.2 Å². The predicted octanol–water partition coefficient (Wildman–Crippen LogP) is 0.109. The summed E-state index contributed by atoms with van der Waals surface area (Å²) in [4.78, 5) is 25.7. The van der Waals surface area contributed by atoms with Crippen LogP contribution in [-0.2, 0) is 23.8 Å². The van der Waals surface area contributed by atoms with E-state index in [4.69, 9.17) is 15.0 Å². The number of ether oxygens (including phenoxy) is 3. The Labute approximate surface area is 104 Å². The minimum absolute atomic E-state index is 0.0888. The van der Waals surface area contributed by atoms with Crippen molar-refractivity contribution in [1.29, 1.82) is 0 Å². The maximum Gasteiger partial charge on any atom is 0.441 e. The molecule has 1 heterocycles. The van der Waals surface area contributed by atoms with Crippen LogP contribution in [0.2, 0.25) is 0 Å². The van der Waals surface area contributed by atoms with Gasteiger partial charge in [0.25, 0.3) is 5.78 Å². The third-order valence-corrected chi connectivity index (χ3v) is 2.11. The van der Waals surface area contributed by atoms with Gasteiger partial charge in [0, 0.05) is 0 Å². The number of nitrogens with zero attached hydrogens (tertiary/aromatic N) is 2. The minimum atomic E-state index is -0.961. The van der Waals surface area contributed by atoms with Crippen molar-refractivity contribution in [2.45, 2.75) is 19.6 Å². The number of Topliss-reactive ketones (excluding diaryl/α,β-unsaturated/α-hetero) is 1. The van der Waals surface area contributed by atoms with E-state index in [-0.39, 0.29) is 13.0 Å². The van der Waals surface area contributed by atoms with Crippen LogP contribution in [0.5, 0.6) is 0 Å². The molecule has 0 amide bonds. The van der Waals surface area contributed by atoms with Gasteiger partial charge < -0.3 is 19.7 Å². The molecular weight excluding hydrogens is 240 g/mol. The molecular formula is C11H14N2O5. The first-order chi connectivity index (χ1) is 8.69. The van der Waals surface area contributed by atoms with Crippen molar-refractivity contribution in [2.24, 2.45) is 0 Å². The number of carbonyl (C=O) groups is 2. The molecule has 0 radical (unpaired) electrons. The summed E-state index contributed by atoms with van der Waals surface area (Å²) in [5, 5.41) is 0. The van der Waals surface area contributed by atoms with Crippen LogP contribution in [0.25, 0.3) is 5.53 Å². The number of hydrogen-bond acceptors (Lipinski definition) is 5. The Balaban J connectivity index is 2.57. The highest BCUT2D eigenvalue weighted by atomic mass is 16.7. The fourth-order valence-electron chi connectivity index (χ4n) is 1.29. The Hall–Kier alpha value is -1.82. The molecule has 0 fully saturated rings. The third kappa shape index (κ3) is 4.21. The largest absolute Gasteiger partial charge is 0.457 e. The highest BCUT2D eigenvalue weighted by molar-refractivity contribution is 6.62. The molecule has 0 aromatic rings. The maximum atomic E-state index is 11.7. The Bertz CT molecular complexity index is 388. The first-order valence-corrected chi connectivity index (χ1v) is 5.49. The second-order valence-corrected chi connectivity index (χ2v) is 3.36. The zero-order valence-corrected chi connectivity index (χ0v) is 10.00. The van der Waals surface area contributed by atoms with Crippen molar-refractivity contribution in [2.75, 3.05) is 19.8 Å². The lowest BCUT2D eigenvalue weighted by Gasteiger charge is -2.12. The van der Waals surface area contributed by atoms with Crippen LogP contribution in [0, 0.1) is 0 Å².